The van der Waals surface area contributed by atoms with Gasteiger partial charge >= 0.3 is 0 Å². The van der Waals surface area contributed by atoms with Crippen LogP contribution in [0.15, 0.2) is 90.6 Å². The highest BCUT2D eigenvalue weighted by molar-refractivity contribution is 7.11. The molecule has 0 bridgehead atoms. The molecule has 1 N–H and O–H groups in total. The lowest BCUT2D eigenvalue weighted by molar-refractivity contribution is -0.00554. The summed E-state index contributed by atoms with van der Waals surface area (Å²) in [5, 5.41) is 3.86. The predicted molar refractivity (Wildman–Crippen MR) is 185 cm³/mol. The van der Waals surface area contributed by atoms with Gasteiger partial charge in [-0.1, -0.05) is 88.0 Å². The minimum Gasteiger partial charge on any atom is -0.403 e. The average molecular weight is 660 g/mol. The van der Waals surface area contributed by atoms with Crippen molar-refractivity contribution in [1.29, 1.82) is 0 Å². The standard InChI is InChI=1S/C36H42FN3O4SSi/c1-24(2)39-44-34-30(33(41)35-38-18-19-45-35)20-27(32(31(34)37)40-21-25(3)43-26(4)22-40)23-42-46(36(5,6)7,28-14-10-8-11-15-28)29-16-12-9-13-17-29/h8-20,25-26,39H,1,21-23H2,2-7H3. The minimum absolute atomic E-state index is 0.0559. The molecule has 1 aromatic heterocycles. The first-order chi connectivity index (χ1) is 21.9. The van der Waals surface area contributed by atoms with E-state index >= 15 is 4.39 Å². The first-order valence-electron chi connectivity index (χ1n) is 15.5. The molecule has 1 aliphatic rings. The van der Waals surface area contributed by atoms with Gasteiger partial charge in [-0.25, -0.2) is 14.9 Å². The number of ketones is 1. The number of hydrogen-bond donors (Lipinski definition) is 1. The maximum atomic E-state index is 17.1. The maximum absolute atomic E-state index is 17.1. The molecule has 2 heterocycles. The fourth-order valence-corrected chi connectivity index (χ4v) is 11.4. The number of carbonyl (C=O) groups excluding carboxylic acids is 1. The van der Waals surface area contributed by atoms with Crippen molar-refractivity contribution < 1.29 is 23.2 Å². The molecule has 1 aliphatic heterocycles. The number of nitrogens with zero attached hydrogens (tertiary/aromatic N) is 2. The summed E-state index contributed by atoms with van der Waals surface area (Å²) in [4.78, 5) is 25.8. The first kappa shape index (κ1) is 33.5. The third kappa shape index (κ3) is 6.80. The van der Waals surface area contributed by atoms with Crippen LogP contribution < -0.4 is 25.6 Å². The van der Waals surface area contributed by atoms with Crippen molar-refractivity contribution in [3.05, 3.63) is 113 Å². The molecule has 7 nitrogen and oxygen atoms in total. The topological polar surface area (TPSA) is 72.9 Å². The van der Waals surface area contributed by atoms with Crippen LogP contribution in [-0.4, -0.2) is 44.4 Å². The third-order valence-electron chi connectivity index (χ3n) is 8.07. The highest BCUT2D eigenvalue weighted by Crippen LogP contribution is 2.41. The van der Waals surface area contributed by atoms with E-state index in [1.54, 1.807) is 24.6 Å². The molecule has 46 heavy (non-hydrogen) atoms. The van der Waals surface area contributed by atoms with Crippen molar-refractivity contribution in [2.45, 2.75) is 65.4 Å². The zero-order valence-electron chi connectivity index (χ0n) is 27.3. The van der Waals surface area contributed by atoms with E-state index in [2.05, 4.69) is 62.1 Å². The number of anilines is 1. The normalized spacial score (nSPS) is 17.1. The van der Waals surface area contributed by atoms with E-state index in [1.807, 2.05) is 55.1 Å². The summed E-state index contributed by atoms with van der Waals surface area (Å²) >= 11 is 1.19. The largest absolute Gasteiger partial charge is 0.403 e. The van der Waals surface area contributed by atoms with Crippen molar-refractivity contribution in [3.8, 4) is 5.75 Å². The summed E-state index contributed by atoms with van der Waals surface area (Å²) in [6.45, 7) is 17.0. The van der Waals surface area contributed by atoms with Crippen molar-refractivity contribution in [2.24, 2.45) is 0 Å². The van der Waals surface area contributed by atoms with Gasteiger partial charge in [0, 0.05) is 35.9 Å². The summed E-state index contributed by atoms with van der Waals surface area (Å²) in [7, 11) is -3.01. The molecule has 2 atom stereocenters. The Balaban J connectivity index is 1.72. The quantitative estimate of drug-likeness (QED) is 0.110. The molecule has 3 aromatic carbocycles. The number of carbonyl (C=O) groups is 1. The van der Waals surface area contributed by atoms with E-state index < -0.39 is 19.9 Å². The highest BCUT2D eigenvalue weighted by Gasteiger charge is 2.50. The average Bonchev–Trinajstić information content (AvgIpc) is 3.55. The number of morpholine rings is 1. The van der Waals surface area contributed by atoms with Crippen molar-refractivity contribution in [1.82, 2.24) is 10.5 Å². The summed E-state index contributed by atoms with van der Waals surface area (Å²) in [5.74, 6) is -1.30. The van der Waals surface area contributed by atoms with Gasteiger partial charge in [0.1, 0.15) is 0 Å². The predicted octanol–water partition coefficient (Wildman–Crippen LogP) is 6.62. The van der Waals surface area contributed by atoms with Crippen LogP contribution in [-0.2, 0) is 15.8 Å². The second-order valence-electron chi connectivity index (χ2n) is 12.8. The molecule has 0 saturated carbocycles. The van der Waals surface area contributed by atoms with Gasteiger partial charge in [0.05, 0.1) is 30.1 Å². The molecule has 1 saturated heterocycles. The van der Waals surface area contributed by atoms with E-state index in [9.17, 15) is 4.79 Å². The van der Waals surface area contributed by atoms with E-state index in [-0.39, 0.29) is 40.2 Å². The zero-order chi connectivity index (χ0) is 33.1. The van der Waals surface area contributed by atoms with Crippen molar-refractivity contribution in [2.75, 3.05) is 18.0 Å². The smallest absolute Gasteiger partial charge is 0.261 e. The highest BCUT2D eigenvalue weighted by atomic mass is 32.1. The number of ether oxygens (including phenoxy) is 1. The Bertz CT molecular complexity index is 1610. The van der Waals surface area contributed by atoms with E-state index in [0.29, 0.717) is 30.0 Å². The van der Waals surface area contributed by atoms with E-state index in [1.165, 1.54) is 11.3 Å². The molecule has 1 fully saturated rings. The summed E-state index contributed by atoms with van der Waals surface area (Å²) in [6, 6.07) is 22.3. The zero-order valence-corrected chi connectivity index (χ0v) is 29.1. The molecule has 5 rings (SSSR count). The second-order valence-corrected chi connectivity index (χ2v) is 18.0. The Morgan fingerprint density at radius 1 is 1.09 bits per heavy atom. The lowest BCUT2D eigenvalue weighted by Gasteiger charge is -2.43. The summed E-state index contributed by atoms with van der Waals surface area (Å²) < 4.78 is 30.4. The number of hydrogen-bond acceptors (Lipinski definition) is 8. The van der Waals surface area contributed by atoms with Gasteiger partial charge in [0.15, 0.2) is 10.8 Å². The lowest BCUT2D eigenvalue weighted by Crippen LogP contribution is -2.66. The SMILES string of the molecule is C=C(C)NOc1c(C(=O)c2nccs2)cc(CO[Si](c2ccccc2)(c2ccccc2)C(C)(C)C)c(N2CC(C)OC(C)C2)c1F. The van der Waals surface area contributed by atoms with Crippen molar-refractivity contribution in [3.63, 3.8) is 0 Å². The van der Waals surface area contributed by atoms with Crippen LogP contribution in [0.2, 0.25) is 5.04 Å². The number of thiazole rings is 1. The van der Waals surface area contributed by atoms with Crippen LogP contribution >= 0.6 is 11.3 Å². The Morgan fingerprint density at radius 2 is 1.67 bits per heavy atom. The van der Waals surface area contributed by atoms with Crippen LogP contribution in [0.5, 0.6) is 5.75 Å². The lowest BCUT2D eigenvalue weighted by atomic mass is 10.0. The molecule has 2 unspecified atom stereocenters. The Kier molecular flexibility index (Phi) is 10.1. The van der Waals surface area contributed by atoms with E-state index in [0.717, 1.165) is 10.4 Å². The first-order valence-corrected chi connectivity index (χ1v) is 18.2. The van der Waals surface area contributed by atoms with Gasteiger partial charge in [-0.2, -0.15) is 0 Å². The molecular weight excluding hydrogens is 618 g/mol. The van der Waals surface area contributed by atoms with Gasteiger partial charge in [-0.05, 0) is 42.2 Å². The number of hydroxylamine groups is 1. The van der Waals surface area contributed by atoms with Crippen LogP contribution in [0.1, 0.15) is 62.5 Å². The molecule has 0 amide bonds. The molecule has 10 heteroatoms. The minimum atomic E-state index is -3.01. The summed E-state index contributed by atoms with van der Waals surface area (Å²) in [6.07, 6.45) is 1.28. The number of benzene rings is 3. The fraction of sp³-hybridized carbons (Fsp3) is 0.333. The van der Waals surface area contributed by atoms with Gasteiger partial charge < -0.3 is 18.9 Å². The molecule has 0 spiro atoms. The fourth-order valence-electron chi connectivity index (χ4n) is 6.29. The third-order valence-corrected chi connectivity index (χ3v) is 13.8. The molecule has 4 aromatic rings. The Morgan fingerprint density at radius 3 is 2.17 bits per heavy atom. The Hall–Kier alpha value is -3.83. The number of aromatic nitrogens is 1. The van der Waals surface area contributed by atoms with Gasteiger partial charge in [0.25, 0.3) is 8.32 Å². The molecule has 0 aliphatic carbocycles. The van der Waals surface area contributed by atoms with E-state index in [4.69, 9.17) is 14.0 Å². The van der Waals surface area contributed by atoms with Crippen LogP contribution in [0.25, 0.3) is 0 Å². The number of allylic oxidation sites excluding steroid dienone is 1. The molecular formula is C36H42FN3O4SSi. The number of nitrogens with one attached hydrogen (secondary N) is 1. The van der Waals surface area contributed by atoms with Crippen LogP contribution in [0.4, 0.5) is 10.1 Å². The maximum Gasteiger partial charge on any atom is 0.261 e. The van der Waals surface area contributed by atoms with Gasteiger partial charge in [-0.15, -0.1) is 11.3 Å². The monoisotopic (exact) mass is 659 g/mol. The number of rotatable bonds is 11. The van der Waals surface area contributed by atoms with Crippen LogP contribution in [0.3, 0.4) is 0 Å². The molecule has 0 radical (unpaired) electrons. The molecule has 242 valence electrons. The second kappa shape index (κ2) is 13.9. The number of halogens is 1. The van der Waals surface area contributed by atoms with Crippen LogP contribution in [0, 0.1) is 5.82 Å². The van der Waals surface area contributed by atoms with Gasteiger partial charge in [0.2, 0.25) is 11.5 Å². The van der Waals surface area contributed by atoms with Crippen molar-refractivity contribution >= 4 is 41.5 Å². The summed E-state index contributed by atoms with van der Waals surface area (Å²) in [5.41, 5.74) is 4.05. The van der Waals surface area contributed by atoms with Gasteiger partial charge in [-0.3, -0.25) is 4.79 Å². The Labute approximate surface area is 276 Å².